The number of carbonyl (C=O) groups excluding carboxylic acids is 1. The average molecular weight is 371 g/mol. The van der Waals surface area contributed by atoms with E-state index >= 15 is 0 Å². The standard InChI is InChI=1S/C17H22N4O.2ClH/c1-2-16-19-9-11-21(16)13-6-5-10-20(12-13)17(22)14-7-3-4-8-15(14)18;;/h3-4,7-9,11,13H,2,5-6,10,12,18H2,1H3;2*1H. The first-order chi connectivity index (χ1) is 10.7. The van der Waals surface area contributed by atoms with Crippen LogP contribution in [-0.4, -0.2) is 33.4 Å². The van der Waals surface area contributed by atoms with Crippen LogP contribution in [0.15, 0.2) is 36.7 Å². The Morgan fingerprint density at radius 3 is 2.79 bits per heavy atom. The maximum Gasteiger partial charge on any atom is 0.256 e. The molecule has 1 amide bonds. The highest BCUT2D eigenvalue weighted by molar-refractivity contribution is 5.99. The van der Waals surface area contributed by atoms with E-state index in [2.05, 4.69) is 16.5 Å². The Morgan fingerprint density at radius 1 is 1.33 bits per heavy atom. The molecule has 0 bridgehead atoms. The van der Waals surface area contributed by atoms with Crippen LogP contribution in [-0.2, 0) is 6.42 Å². The summed E-state index contributed by atoms with van der Waals surface area (Å²) in [6.45, 7) is 3.62. The van der Waals surface area contributed by atoms with Gasteiger partial charge < -0.3 is 15.2 Å². The summed E-state index contributed by atoms with van der Waals surface area (Å²) in [4.78, 5) is 19.0. The van der Waals surface area contributed by atoms with Gasteiger partial charge in [-0.15, -0.1) is 24.8 Å². The number of aryl methyl sites for hydroxylation is 1. The third kappa shape index (κ3) is 4.02. The van der Waals surface area contributed by atoms with Crippen LogP contribution >= 0.6 is 24.8 Å². The van der Waals surface area contributed by atoms with Gasteiger partial charge in [-0.1, -0.05) is 19.1 Å². The molecule has 132 valence electrons. The van der Waals surface area contributed by atoms with E-state index in [0.717, 1.165) is 38.2 Å². The Balaban J connectivity index is 0.00000144. The van der Waals surface area contributed by atoms with Gasteiger partial charge >= 0.3 is 0 Å². The first kappa shape index (κ1) is 20.3. The molecule has 24 heavy (non-hydrogen) atoms. The van der Waals surface area contributed by atoms with E-state index in [1.54, 1.807) is 12.1 Å². The van der Waals surface area contributed by atoms with Crippen LogP contribution in [0.3, 0.4) is 0 Å². The number of nitrogens with zero attached hydrogens (tertiary/aromatic N) is 3. The number of amides is 1. The van der Waals surface area contributed by atoms with Crippen LogP contribution in [0.1, 0.15) is 42.0 Å². The molecule has 1 atom stereocenters. The quantitative estimate of drug-likeness (QED) is 0.842. The summed E-state index contributed by atoms with van der Waals surface area (Å²) in [6, 6.07) is 7.59. The van der Waals surface area contributed by atoms with Gasteiger partial charge in [0.25, 0.3) is 5.91 Å². The fraction of sp³-hybridized carbons (Fsp3) is 0.412. The number of halogens is 2. The molecule has 1 aromatic heterocycles. The summed E-state index contributed by atoms with van der Waals surface area (Å²) in [7, 11) is 0. The number of piperidine rings is 1. The molecule has 2 aromatic rings. The lowest BCUT2D eigenvalue weighted by molar-refractivity contribution is 0.0679. The number of hydrogen-bond acceptors (Lipinski definition) is 3. The van der Waals surface area contributed by atoms with Gasteiger partial charge in [-0.25, -0.2) is 4.98 Å². The summed E-state index contributed by atoms with van der Waals surface area (Å²) in [6.07, 6.45) is 6.86. The molecule has 1 aromatic carbocycles. The maximum atomic E-state index is 12.7. The second-order valence-corrected chi connectivity index (χ2v) is 5.74. The van der Waals surface area contributed by atoms with Gasteiger partial charge in [0.1, 0.15) is 5.82 Å². The zero-order valence-corrected chi connectivity index (χ0v) is 15.4. The highest BCUT2D eigenvalue weighted by Gasteiger charge is 2.27. The van der Waals surface area contributed by atoms with Crippen molar-refractivity contribution < 1.29 is 4.79 Å². The van der Waals surface area contributed by atoms with Gasteiger partial charge in [0.05, 0.1) is 11.6 Å². The smallest absolute Gasteiger partial charge is 0.256 e. The van der Waals surface area contributed by atoms with Crippen molar-refractivity contribution in [1.29, 1.82) is 0 Å². The fourth-order valence-corrected chi connectivity index (χ4v) is 3.18. The topological polar surface area (TPSA) is 64.2 Å². The molecule has 1 aliphatic rings. The summed E-state index contributed by atoms with van der Waals surface area (Å²) in [5, 5.41) is 0. The van der Waals surface area contributed by atoms with Crippen molar-refractivity contribution in [2.75, 3.05) is 18.8 Å². The van der Waals surface area contributed by atoms with Crippen molar-refractivity contribution in [3.8, 4) is 0 Å². The molecule has 7 heteroatoms. The second kappa shape index (κ2) is 8.94. The Labute approximate surface area is 155 Å². The maximum absolute atomic E-state index is 12.7. The number of likely N-dealkylation sites (tertiary alicyclic amines) is 1. The zero-order valence-electron chi connectivity index (χ0n) is 13.7. The van der Waals surface area contributed by atoms with E-state index in [4.69, 9.17) is 5.73 Å². The fourth-order valence-electron chi connectivity index (χ4n) is 3.18. The number of nitrogen functional groups attached to an aromatic ring is 1. The second-order valence-electron chi connectivity index (χ2n) is 5.74. The predicted molar refractivity (Wildman–Crippen MR) is 101 cm³/mol. The Hall–Kier alpha value is -1.72. The van der Waals surface area contributed by atoms with Crippen LogP contribution in [0.25, 0.3) is 0 Å². The molecule has 3 rings (SSSR count). The molecule has 1 unspecified atom stereocenters. The molecule has 0 saturated carbocycles. The summed E-state index contributed by atoms with van der Waals surface area (Å²) < 4.78 is 2.22. The largest absolute Gasteiger partial charge is 0.398 e. The number of carbonyl (C=O) groups is 1. The van der Waals surface area contributed by atoms with Gasteiger partial charge in [-0.3, -0.25) is 4.79 Å². The molecule has 0 spiro atoms. The monoisotopic (exact) mass is 370 g/mol. The molecular formula is C17H24Cl2N4O. The summed E-state index contributed by atoms with van der Waals surface area (Å²) >= 11 is 0. The van der Waals surface area contributed by atoms with Crippen LogP contribution in [0, 0.1) is 0 Å². The van der Waals surface area contributed by atoms with E-state index in [9.17, 15) is 4.79 Å². The van der Waals surface area contributed by atoms with E-state index < -0.39 is 0 Å². The van der Waals surface area contributed by atoms with Gasteiger partial charge in [0, 0.05) is 37.6 Å². The molecule has 5 nitrogen and oxygen atoms in total. The number of anilines is 1. The molecular weight excluding hydrogens is 347 g/mol. The minimum absolute atomic E-state index is 0. The Morgan fingerprint density at radius 2 is 2.08 bits per heavy atom. The van der Waals surface area contributed by atoms with Crippen LogP contribution in [0.2, 0.25) is 0 Å². The minimum atomic E-state index is 0. The zero-order chi connectivity index (χ0) is 15.5. The van der Waals surface area contributed by atoms with Gasteiger partial charge in [-0.05, 0) is 25.0 Å². The van der Waals surface area contributed by atoms with E-state index in [0.29, 0.717) is 17.3 Å². The lowest BCUT2D eigenvalue weighted by atomic mass is 10.0. The van der Waals surface area contributed by atoms with Crippen LogP contribution in [0.4, 0.5) is 5.69 Å². The number of benzene rings is 1. The summed E-state index contributed by atoms with van der Waals surface area (Å²) in [5.41, 5.74) is 7.09. The molecule has 2 N–H and O–H groups in total. The lowest BCUT2D eigenvalue weighted by Gasteiger charge is -2.34. The molecule has 0 aliphatic carbocycles. The highest BCUT2D eigenvalue weighted by Crippen LogP contribution is 2.25. The summed E-state index contributed by atoms with van der Waals surface area (Å²) in [5.74, 6) is 1.11. The predicted octanol–water partition coefficient (Wildman–Crippen LogP) is 3.35. The highest BCUT2D eigenvalue weighted by atomic mass is 35.5. The van der Waals surface area contributed by atoms with Crippen molar-refractivity contribution in [2.45, 2.75) is 32.2 Å². The normalized spacial score (nSPS) is 16.9. The number of aromatic nitrogens is 2. The third-order valence-electron chi connectivity index (χ3n) is 4.33. The number of rotatable bonds is 3. The molecule has 1 fully saturated rings. The SMILES string of the molecule is CCc1nccn1C1CCCN(C(=O)c2ccccc2N)C1.Cl.Cl. The third-order valence-corrected chi connectivity index (χ3v) is 4.33. The minimum Gasteiger partial charge on any atom is -0.398 e. The van der Waals surface area contributed by atoms with Gasteiger partial charge in [-0.2, -0.15) is 0 Å². The Bertz CT molecular complexity index is 674. The van der Waals surface area contributed by atoms with Crippen LogP contribution < -0.4 is 5.73 Å². The van der Waals surface area contributed by atoms with Crippen LogP contribution in [0.5, 0.6) is 0 Å². The molecule has 1 saturated heterocycles. The number of imidazole rings is 1. The van der Waals surface area contributed by atoms with Crippen molar-refractivity contribution in [3.63, 3.8) is 0 Å². The van der Waals surface area contributed by atoms with Gasteiger partial charge in [0.15, 0.2) is 0 Å². The molecule has 0 radical (unpaired) electrons. The van der Waals surface area contributed by atoms with Crippen molar-refractivity contribution in [1.82, 2.24) is 14.5 Å². The number of para-hydroxylation sites is 1. The van der Waals surface area contributed by atoms with E-state index in [1.807, 2.05) is 29.4 Å². The number of nitrogens with two attached hydrogens (primary N) is 1. The van der Waals surface area contributed by atoms with Crippen molar-refractivity contribution in [2.24, 2.45) is 0 Å². The first-order valence-electron chi connectivity index (χ1n) is 7.86. The molecule has 2 heterocycles. The average Bonchev–Trinajstić information content (AvgIpc) is 3.03. The van der Waals surface area contributed by atoms with Gasteiger partial charge in [0.2, 0.25) is 0 Å². The van der Waals surface area contributed by atoms with Crippen molar-refractivity contribution in [3.05, 3.63) is 48.0 Å². The molecule has 1 aliphatic heterocycles. The number of hydrogen-bond donors (Lipinski definition) is 1. The lowest BCUT2D eigenvalue weighted by Crippen LogP contribution is -2.41. The first-order valence-corrected chi connectivity index (χ1v) is 7.86. The van der Waals surface area contributed by atoms with E-state index in [-0.39, 0.29) is 30.7 Å². The Kier molecular flexibility index (Phi) is 7.58. The van der Waals surface area contributed by atoms with Crippen molar-refractivity contribution >= 4 is 36.4 Å². The van der Waals surface area contributed by atoms with E-state index in [1.165, 1.54) is 0 Å².